The Bertz CT molecular complexity index is 443. The second-order valence-electron chi connectivity index (χ2n) is 3.36. The summed E-state index contributed by atoms with van der Waals surface area (Å²) in [7, 11) is 1.54. The standard InChI is InChI=1S/C10H12ClFO2S/c1-2-3-9-6-8(4-5-10(9)12)7-15(11,13)14/h4-6H,2-3,7H2,1H3. The molecule has 0 aliphatic heterocycles. The van der Waals surface area contributed by atoms with Gasteiger partial charge in [-0.3, -0.25) is 0 Å². The maximum atomic E-state index is 13.2. The van der Waals surface area contributed by atoms with E-state index in [4.69, 9.17) is 10.7 Å². The molecule has 84 valence electrons. The van der Waals surface area contributed by atoms with Crippen LogP contribution in [0.3, 0.4) is 0 Å². The van der Waals surface area contributed by atoms with E-state index in [2.05, 4.69) is 0 Å². The summed E-state index contributed by atoms with van der Waals surface area (Å²) in [6.07, 6.45) is 1.41. The van der Waals surface area contributed by atoms with E-state index < -0.39 is 9.05 Å². The zero-order chi connectivity index (χ0) is 11.5. The quantitative estimate of drug-likeness (QED) is 0.770. The summed E-state index contributed by atoms with van der Waals surface area (Å²) in [6.45, 7) is 1.93. The number of hydrogen-bond donors (Lipinski definition) is 0. The van der Waals surface area contributed by atoms with Crippen molar-refractivity contribution in [1.29, 1.82) is 0 Å². The van der Waals surface area contributed by atoms with Crippen molar-refractivity contribution in [3.8, 4) is 0 Å². The van der Waals surface area contributed by atoms with Gasteiger partial charge in [0.1, 0.15) is 5.82 Å². The van der Waals surface area contributed by atoms with E-state index in [1.807, 2.05) is 6.92 Å². The molecule has 0 bridgehead atoms. The largest absolute Gasteiger partial charge is 0.236 e. The molecular formula is C10H12ClFO2S. The molecule has 0 fully saturated rings. The molecule has 0 saturated carbocycles. The molecule has 0 aromatic heterocycles. The topological polar surface area (TPSA) is 34.1 Å². The normalized spacial score (nSPS) is 11.7. The lowest BCUT2D eigenvalue weighted by Crippen LogP contribution is -1.98. The molecule has 5 heteroatoms. The zero-order valence-electron chi connectivity index (χ0n) is 8.33. The molecule has 0 heterocycles. The van der Waals surface area contributed by atoms with Crippen LogP contribution in [-0.4, -0.2) is 8.42 Å². The van der Waals surface area contributed by atoms with Gasteiger partial charge >= 0.3 is 0 Å². The Morgan fingerprint density at radius 2 is 2.07 bits per heavy atom. The van der Waals surface area contributed by atoms with Crippen LogP contribution >= 0.6 is 10.7 Å². The van der Waals surface area contributed by atoms with Crippen molar-refractivity contribution in [2.24, 2.45) is 0 Å². The van der Waals surface area contributed by atoms with Crippen LogP contribution in [0.1, 0.15) is 24.5 Å². The van der Waals surface area contributed by atoms with E-state index >= 15 is 0 Å². The van der Waals surface area contributed by atoms with Crippen LogP contribution < -0.4 is 0 Å². The van der Waals surface area contributed by atoms with Crippen molar-refractivity contribution in [3.05, 3.63) is 35.1 Å². The molecule has 0 radical (unpaired) electrons. The first-order chi connectivity index (χ1) is 6.92. The number of halogens is 2. The predicted octanol–water partition coefficient (Wildman–Crippen LogP) is 2.85. The number of aryl methyl sites for hydroxylation is 1. The molecular weight excluding hydrogens is 239 g/mol. The molecule has 0 N–H and O–H groups in total. The molecule has 0 atom stereocenters. The average Bonchev–Trinajstić information content (AvgIpc) is 2.09. The SMILES string of the molecule is CCCc1cc(CS(=O)(=O)Cl)ccc1F. The van der Waals surface area contributed by atoms with Crippen molar-refractivity contribution >= 4 is 19.7 Å². The highest BCUT2D eigenvalue weighted by Gasteiger charge is 2.09. The third-order valence-electron chi connectivity index (χ3n) is 1.97. The molecule has 0 aliphatic carbocycles. The maximum Gasteiger partial charge on any atom is 0.236 e. The molecule has 0 spiro atoms. The van der Waals surface area contributed by atoms with E-state index in [0.29, 0.717) is 17.5 Å². The molecule has 1 aromatic rings. The first kappa shape index (κ1) is 12.5. The summed E-state index contributed by atoms with van der Waals surface area (Å²) in [4.78, 5) is 0. The maximum absolute atomic E-state index is 13.2. The lowest BCUT2D eigenvalue weighted by molar-refractivity contribution is 0.603. The predicted molar refractivity (Wildman–Crippen MR) is 58.9 cm³/mol. The molecule has 0 amide bonds. The minimum absolute atomic E-state index is 0.258. The van der Waals surface area contributed by atoms with Crippen molar-refractivity contribution < 1.29 is 12.8 Å². The summed E-state index contributed by atoms with van der Waals surface area (Å²) in [5.74, 6) is -0.557. The van der Waals surface area contributed by atoms with Crippen molar-refractivity contribution in [3.63, 3.8) is 0 Å². The van der Waals surface area contributed by atoms with Crippen LogP contribution in [-0.2, 0) is 21.2 Å². The van der Waals surface area contributed by atoms with Crippen molar-refractivity contribution in [1.82, 2.24) is 0 Å². The Morgan fingerprint density at radius 1 is 1.40 bits per heavy atom. The smallest absolute Gasteiger partial charge is 0.212 e. The van der Waals surface area contributed by atoms with Gasteiger partial charge in [0.15, 0.2) is 0 Å². The van der Waals surface area contributed by atoms with Gasteiger partial charge in [-0.05, 0) is 23.6 Å². The van der Waals surface area contributed by atoms with Gasteiger partial charge in [-0.1, -0.05) is 25.5 Å². The average molecular weight is 251 g/mol. The second-order valence-corrected chi connectivity index (χ2v) is 6.14. The molecule has 0 unspecified atom stereocenters. The van der Waals surface area contributed by atoms with Crippen molar-refractivity contribution in [2.75, 3.05) is 0 Å². The fourth-order valence-corrected chi connectivity index (χ4v) is 2.33. The van der Waals surface area contributed by atoms with Gasteiger partial charge in [0, 0.05) is 10.7 Å². The van der Waals surface area contributed by atoms with Gasteiger partial charge in [-0.15, -0.1) is 0 Å². The minimum atomic E-state index is -3.57. The zero-order valence-corrected chi connectivity index (χ0v) is 9.91. The van der Waals surface area contributed by atoms with Gasteiger partial charge in [0.05, 0.1) is 5.75 Å². The Kier molecular flexibility index (Phi) is 4.11. The van der Waals surface area contributed by atoms with Crippen LogP contribution in [0.15, 0.2) is 18.2 Å². The lowest BCUT2D eigenvalue weighted by Gasteiger charge is -2.04. The summed E-state index contributed by atoms with van der Waals surface area (Å²) in [5, 5.41) is 0. The van der Waals surface area contributed by atoms with E-state index in [-0.39, 0.29) is 11.6 Å². The van der Waals surface area contributed by atoms with Crippen LogP contribution in [0, 0.1) is 5.82 Å². The van der Waals surface area contributed by atoms with Crippen LogP contribution in [0.5, 0.6) is 0 Å². The van der Waals surface area contributed by atoms with Gasteiger partial charge < -0.3 is 0 Å². The van der Waals surface area contributed by atoms with Crippen LogP contribution in [0.25, 0.3) is 0 Å². The fraction of sp³-hybridized carbons (Fsp3) is 0.400. The molecule has 2 nitrogen and oxygen atoms in total. The van der Waals surface area contributed by atoms with E-state index in [0.717, 1.165) is 6.42 Å². The number of hydrogen-bond acceptors (Lipinski definition) is 2. The minimum Gasteiger partial charge on any atom is -0.212 e. The monoisotopic (exact) mass is 250 g/mol. The molecule has 0 saturated heterocycles. The first-order valence-corrected chi connectivity index (χ1v) is 7.10. The summed E-state index contributed by atoms with van der Waals surface area (Å²) in [6, 6.07) is 4.27. The number of benzene rings is 1. The van der Waals surface area contributed by atoms with Gasteiger partial charge in [0.2, 0.25) is 9.05 Å². The third kappa shape index (κ3) is 4.18. The molecule has 0 aliphatic rings. The lowest BCUT2D eigenvalue weighted by atomic mass is 10.1. The van der Waals surface area contributed by atoms with E-state index in [1.54, 1.807) is 6.07 Å². The van der Waals surface area contributed by atoms with Crippen LogP contribution in [0.2, 0.25) is 0 Å². The van der Waals surface area contributed by atoms with Gasteiger partial charge in [-0.25, -0.2) is 12.8 Å². The highest BCUT2D eigenvalue weighted by atomic mass is 35.7. The highest BCUT2D eigenvalue weighted by Crippen LogP contribution is 2.16. The first-order valence-electron chi connectivity index (χ1n) is 4.62. The Labute approximate surface area is 93.5 Å². The highest BCUT2D eigenvalue weighted by molar-refractivity contribution is 8.13. The Hall–Kier alpha value is -0.610. The molecule has 1 aromatic carbocycles. The van der Waals surface area contributed by atoms with E-state index in [1.165, 1.54) is 12.1 Å². The van der Waals surface area contributed by atoms with Crippen molar-refractivity contribution in [2.45, 2.75) is 25.5 Å². The Morgan fingerprint density at radius 3 is 2.60 bits per heavy atom. The summed E-state index contributed by atoms with van der Waals surface area (Å²) in [5.41, 5.74) is 1.06. The van der Waals surface area contributed by atoms with Crippen LogP contribution in [0.4, 0.5) is 4.39 Å². The molecule has 15 heavy (non-hydrogen) atoms. The number of rotatable bonds is 4. The molecule has 1 rings (SSSR count). The second kappa shape index (κ2) is 4.94. The van der Waals surface area contributed by atoms with Gasteiger partial charge in [-0.2, -0.15) is 0 Å². The summed E-state index contributed by atoms with van der Waals surface area (Å²) >= 11 is 0. The summed E-state index contributed by atoms with van der Waals surface area (Å²) < 4.78 is 34.9. The Balaban J connectivity index is 2.97. The van der Waals surface area contributed by atoms with Gasteiger partial charge in [0.25, 0.3) is 0 Å². The third-order valence-corrected chi connectivity index (χ3v) is 2.97. The fourth-order valence-electron chi connectivity index (χ4n) is 1.38. The van der Waals surface area contributed by atoms with E-state index in [9.17, 15) is 12.8 Å².